The normalized spacial score (nSPS) is 20.1. The van der Waals surface area contributed by atoms with Crippen LogP contribution in [0, 0.1) is 11.3 Å². The van der Waals surface area contributed by atoms with Gasteiger partial charge in [-0.15, -0.1) is 0 Å². The number of likely N-dealkylation sites (N-methyl/N-ethyl adjacent to an activating group) is 1. The van der Waals surface area contributed by atoms with Gasteiger partial charge in [-0.05, 0) is 24.7 Å². The topological polar surface area (TPSA) is 82.4 Å². The highest BCUT2D eigenvalue weighted by molar-refractivity contribution is 7.88. The lowest BCUT2D eigenvalue weighted by Crippen LogP contribution is -2.48. The summed E-state index contributed by atoms with van der Waals surface area (Å²) < 4.78 is 31.9. The summed E-state index contributed by atoms with van der Waals surface area (Å²) in [6.45, 7) is 1.77. The standard InChI is InChI=1S/C14H19N3O3S/c1-16-9-14-10-17(5-6-20-14)21(18,19)11-13-4-2-3-12(7-13)8-15/h2-4,7,14,16H,5-6,9-11H2,1H3. The molecule has 0 aromatic heterocycles. The summed E-state index contributed by atoms with van der Waals surface area (Å²) in [6.07, 6.45) is -0.121. The van der Waals surface area contributed by atoms with E-state index in [1.165, 1.54) is 4.31 Å². The van der Waals surface area contributed by atoms with E-state index in [9.17, 15) is 8.42 Å². The molecule has 1 atom stereocenters. The van der Waals surface area contributed by atoms with Crippen LogP contribution < -0.4 is 5.32 Å². The van der Waals surface area contributed by atoms with E-state index in [1.54, 1.807) is 24.3 Å². The highest BCUT2D eigenvalue weighted by Gasteiger charge is 2.29. The van der Waals surface area contributed by atoms with Crippen LogP contribution in [0.1, 0.15) is 11.1 Å². The minimum absolute atomic E-state index is 0.0885. The Kier molecular flexibility index (Phi) is 5.31. The van der Waals surface area contributed by atoms with Crippen molar-refractivity contribution in [1.82, 2.24) is 9.62 Å². The second-order valence-corrected chi connectivity index (χ2v) is 6.95. The maximum Gasteiger partial charge on any atom is 0.218 e. The first-order chi connectivity index (χ1) is 10.0. The molecule has 0 radical (unpaired) electrons. The van der Waals surface area contributed by atoms with Crippen LogP contribution in [0.5, 0.6) is 0 Å². The van der Waals surface area contributed by atoms with E-state index in [-0.39, 0.29) is 11.9 Å². The molecule has 6 nitrogen and oxygen atoms in total. The van der Waals surface area contributed by atoms with Gasteiger partial charge in [0, 0.05) is 19.6 Å². The van der Waals surface area contributed by atoms with Crippen molar-refractivity contribution in [2.45, 2.75) is 11.9 Å². The second kappa shape index (κ2) is 7.00. The molecule has 1 fully saturated rings. The van der Waals surface area contributed by atoms with Crippen LogP contribution >= 0.6 is 0 Å². The van der Waals surface area contributed by atoms with Gasteiger partial charge in [-0.2, -0.15) is 9.57 Å². The van der Waals surface area contributed by atoms with Crippen molar-refractivity contribution >= 4 is 10.0 Å². The van der Waals surface area contributed by atoms with Crippen LogP contribution in [0.3, 0.4) is 0 Å². The van der Waals surface area contributed by atoms with Gasteiger partial charge >= 0.3 is 0 Å². The summed E-state index contributed by atoms with van der Waals surface area (Å²) >= 11 is 0. The lowest BCUT2D eigenvalue weighted by atomic mass is 10.2. The van der Waals surface area contributed by atoms with Gasteiger partial charge in [0.25, 0.3) is 0 Å². The van der Waals surface area contributed by atoms with E-state index in [0.717, 1.165) is 0 Å². The molecule has 7 heteroatoms. The number of nitrogens with zero attached hydrogens (tertiary/aromatic N) is 2. The SMILES string of the molecule is CNCC1CN(S(=O)(=O)Cc2cccc(C#N)c2)CCO1. The molecule has 1 aromatic rings. The highest BCUT2D eigenvalue weighted by atomic mass is 32.2. The fourth-order valence-electron chi connectivity index (χ4n) is 2.33. The van der Waals surface area contributed by atoms with Crippen LogP contribution in [0.2, 0.25) is 0 Å². The Morgan fingerprint density at radius 2 is 2.33 bits per heavy atom. The van der Waals surface area contributed by atoms with Crippen molar-refractivity contribution in [2.75, 3.05) is 33.3 Å². The monoisotopic (exact) mass is 309 g/mol. The smallest absolute Gasteiger partial charge is 0.218 e. The lowest BCUT2D eigenvalue weighted by molar-refractivity contribution is 0.000777. The lowest BCUT2D eigenvalue weighted by Gasteiger charge is -2.32. The van der Waals surface area contributed by atoms with Crippen LogP contribution in [-0.2, 0) is 20.5 Å². The summed E-state index contributed by atoms with van der Waals surface area (Å²) in [5, 5.41) is 11.9. The molecule has 0 bridgehead atoms. The van der Waals surface area contributed by atoms with Crippen molar-refractivity contribution in [1.29, 1.82) is 5.26 Å². The molecular weight excluding hydrogens is 290 g/mol. The van der Waals surface area contributed by atoms with Crippen molar-refractivity contribution in [2.24, 2.45) is 0 Å². The molecule has 114 valence electrons. The minimum atomic E-state index is -3.40. The van der Waals surface area contributed by atoms with E-state index in [0.29, 0.717) is 37.4 Å². The minimum Gasteiger partial charge on any atom is -0.374 e. The van der Waals surface area contributed by atoms with Crippen LogP contribution in [0.4, 0.5) is 0 Å². The Balaban J connectivity index is 2.09. The zero-order valence-electron chi connectivity index (χ0n) is 11.9. The fraction of sp³-hybridized carbons (Fsp3) is 0.500. The predicted molar refractivity (Wildman–Crippen MR) is 79.0 cm³/mol. The number of nitriles is 1. The Labute approximate surface area is 125 Å². The average molecular weight is 309 g/mol. The molecular formula is C14H19N3O3S. The molecule has 1 aromatic carbocycles. The van der Waals surface area contributed by atoms with Crippen molar-refractivity contribution in [3.8, 4) is 6.07 Å². The average Bonchev–Trinajstić information content (AvgIpc) is 2.48. The molecule has 1 unspecified atom stereocenters. The molecule has 0 aliphatic carbocycles. The van der Waals surface area contributed by atoms with Crippen LogP contribution in [0.15, 0.2) is 24.3 Å². The molecule has 1 aliphatic heterocycles. The van der Waals surface area contributed by atoms with Gasteiger partial charge < -0.3 is 10.1 Å². The molecule has 0 spiro atoms. The number of benzene rings is 1. The number of rotatable bonds is 5. The number of ether oxygens (including phenoxy) is 1. The maximum absolute atomic E-state index is 12.5. The van der Waals surface area contributed by atoms with Gasteiger partial charge in [0.05, 0.1) is 30.1 Å². The molecule has 0 amide bonds. The molecule has 1 saturated heterocycles. The predicted octanol–water partition coefficient (Wildman–Crippen LogP) is 0.308. The first kappa shape index (κ1) is 15.9. The molecule has 0 saturated carbocycles. The summed E-state index contributed by atoms with van der Waals surface area (Å²) in [7, 11) is -1.59. The largest absolute Gasteiger partial charge is 0.374 e. The van der Waals surface area contributed by atoms with Crippen molar-refractivity contribution in [3.63, 3.8) is 0 Å². The van der Waals surface area contributed by atoms with E-state index >= 15 is 0 Å². The van der Waals surface area contributed by atoms with E-state index in [4.69, 9.17) is 10.00 Å². The third-order valence-electron chi connectivity index (χ3n) is 3.33. The quantitative estimate of drug-likeness (QED) is 0.846. The second-order valence-electron chi connectivity index (χ2n) is 4.98. The number of nitrogens with one attached hydrogen (secondary N) is 1. The van der Waals surface area contributed by atoms with Gasteiger partial charge in [-0.3, -0.25) is 0 Å². The molecule has 2 rings (SSSR count). The Bertz CT molecular complexity index is 623. The molecule has 21 heavy (non-hydrogen) atoms. The van der Waals surface area contributed by atoms with Gasteiger partial charge in [0.2, 0.25) is 10.0 Å². The fourth-order valence-corrected chi connectivity index (χ4v) is 3.86. The van der Waals surface area contributed by atoms with E-state index < -0.39 is 10.0 Å². The number of sulfonamides is 1. The zero-order valence-corrected chi connectivity index (χ0v) is 12.8. The van der Waals surface area contributed by atoms with Gasteiger partial charge in [0.1, 0.15) is 0 Å². The van der Waals surface area contributed by atoms with Gasteiger partial charge in [-0.1, -0.05) is 12.1 Å². The molecule has 1 heterocycles. The maximum atomic E-state index is 12.5. The molecule has 1 aliphatic rings. The highest BCUT2D eigenvalue weighted by Crippen LogP contribution is 2.15. The summed E-state index contributed by atoms with van der Waals surface area (Å²) in [6, 6.07) is 8.72. The van der Waals surface area contributed by atoms with E-state index in [2.05, 4.69) is 5.32 Å². The third-order valence-corrected chi connectivity index (χ3v) is 5.15. The Morgan fingerprint density at radius 1 is 1.52 bits per heavy atom. The first-order valence-electron chi connectivity index (χ1n) is 6.78. The van der Waals surface area contributed by atoms with Crippen LogP contribution in [0.25, 0.3) is 0 Å². The van der Waals surface area contributed by atoms with Crippen molar-refractivity contribution in [3.05, 3.63) is 35.4 Å². The number of hydrogen-bond acceptors (Lipinski definition) is 5. The Morgan fingerprint density at radius 3 is 3.05 bits per heavy atom. The zero-order chi connectivity index (χ0) is 15.3. The third kappa shape index (κ3) is 4.25. The van der Waals surface area contributed by atoms with Crippen molar-refractivity contribution < 1.29 is 13.2 Å². The van der Waals surface area contributed by atoms with Gasteiger partial charge in [0.15, 0.2) is 0 Å². The van der Waals surface area contributed by atoms with Crippen LogP contribution in [-0.4, -0.2) is 52.1 Å². The molecule has 1 N–H and O–H groups in total. The number of morpholine rings is 1. The summed E-state index contributed by atoms with van der Waals surface area (Å²) in [4.78, 5) is 0. The van der Waals surface area contributed by atoms with E-state index in [1.807, 2.05) is 13.1 Å². The van der Waals surface area contributed by atoms with Gasteiger partial charge in [-0.25, -0.2) is 8.42 Å². The summed E-state index contributed by atoms with van der Waals surface area (Å²) in [5.41, 5.74) is 1.10. The summed E-state index contributed by atoms with van der Waals surface area (Å²) in [5.74, 6) is -0.0885. The number of hydrogen-bond donors (Lipinski definition) is 1. The first-order valence-corrected chi connectivity index (χ1v) is 8.39. The Hall–Kier alpha value is -1.46.